The number of nitriles is 1. The van der Waals surface area contributed by atoms with Gasteiger partial charge in [-0.25, -0.2) is 0 Å². The second-order valence-corrected chi connectivity index (χ2v) is 8.85. The van der Waals surface area contributed by atoms with E-state index < -0.39 is 0 Å². The lowest BCUT2D eigenvalue weighted by Crippen LogP contribution is -2.06. The molecule has 36 heavy (non-hydrogen) atoms. The van der Waals surface area contributed by atoms with E-state index in [-0.39, 0.29) is 6.10 Å². The van der Waals surface area contributed by atoms with Gasteiger partial charge in [-0.3, -0.25) is 5.14 Å². The van der Waals surface area contributed by atoms with Crippen LogP contribution in [0.4, 0.5) is 0 Å². The molecule has 4 aromatic rings. The molecule has 6 nitrogen and oxygen atoms in total. The molecule has 0 bridgehead atoms. The van der Waals surface area contributed by atoms with E-state index >= 15 is 0 Å². The molecule has 3 aromatic carbocycles. The van der Waals surface area contributed by atoms with E-state index in [0.29, 0.717) is 28.6 Å². The number of fused-ring (bicyclic) bond motifs is 1. The predicted molar refractivity (Wildman–Crippen MR) is 146 cm³/mol. The highest BCUT2D eigenvalue weighted by Crippen LogP contribution is 2.33. The van der Waals surface area contributed by atoms with Crippen molar-refractivity contribution in [3.63, 3.8) is 0 Å². The summed E-state index contributed by atoms with van der Waals surface area (Å²) >= 11 is 1.27. The monoisotopic (exact) mass is 500 g/mol. The number of nitrogens with two attached hydrogens (primary N) is 1. The summed E-state index contributed by atoms with van der Waals surface area (Å²) in [4.78, 5) is 5.67. The number of benzene rings is 3. The summed E-state index contributed by atoms with van der Waals surface area (Å²) in [5, 5.41) is 18.8. The molecule has 1 aromatic heterocycles. The molecule has 186 valence electrons. The van der Waals surface area contributed by atoms with Crippen LogP contribution in [0, 0.1) is 11.3 Å². The zero-order chi connectivity index (χ0) is 25.9. The van der Waals surface area contributed by atoms with Crippen LogP contribution in [0.1, 0.15) is 50.8 Å². The third-order valence-electron chi connectivity index (χ3n) is 5.40. The van der Waals surface area contributed by atoms with Crippen molar-refractivity contribution in [3.05, 3.63) is 83.4 Å². The number of hydrogen-bond donors (Lipinski definition) is 1. The van der Waals surface area contributed by atoms with Gasteiger partial charge in [0.05, 0.1) is 11.7 Å². The van der Waals surface area contributed by atoms with Gasteiger partial charge in [-0.05, 0) is 86.5 Å². The Morgan fingerprint density at radius 1 is 1.03 bits per heavy atom. The lowest BCUT2D eigenvalue weighted by atomic mass is 10.0. The topological polar surface area (TPSA) is 98.0 Å². The Balaban J connectivity index is 0.000000305. The molecule has 0 atom stereocenters. The van der Waals surface area contributed by atoms with Crippen LogP contribution in [-0.2, 0) is 12.8 Å². The van der Waals surface area contributed by atoms with Crippen LogP contribution in [0.15, 0.2) is 76.1 Å². The van der Waals surface area contributed by atoms with Gasteiger partial charge in [0.15, 0.2) is 0 Å². The maximum Gasteiger partial charge on any atom is 0.258 e. The zero-order valence-corrected chi connectivity index (χ0v) is 22.0. The molecule has 0 saturated carbocycles. The molecule has 1 heterocycles. The third-order valence-corrected chi connectivity index (χ3v) is 5.95. The Hall–Kier alpha value is -3.60. The minimum Gasteiger partial charge on any atom is -0.490 e. The summed E-state index contributed by atoms with van der Waals surface area (Å²) in [7, 11) is 0. The van der Waals surface area contributed by atoms with Gasteiger partial charge >= 0.3 is 0 Å². The second kappa shape index (κ2) is 13.5. The fourth-order valence-electron chi connectivity index (χ4n) is 3.89. The molecule has 0 spiro atoms. The van der Waals surface area contributed by atoms with Crippen molar-refractivity contribution in [3.8, 4) is 34.7 Å². The Kier molecular flexibility index (Phi) is 10.1. The molecule has 2 N–H and O–H groups in total. The predicted octanol–water partition coefficient (Wildman–Crippen LogP) is 7.23. The zero-order valence-electron chi connectivity index (χ0n) is 21.2. The van der Waals surface area contributed by atoms with Crippen LogP contribution in [0.25, 0.3) is 22.8 Å². The lowest BCUT2D eigenvalue weighted by molar-refractivity contribution is 0.241. The van der Waals surface area contributed by atoms with Crippen LogP contribution >= 0.6 is 11.9 Å². The van der Waals surface area contributed by atoms with E-state index in [1.165, 1.54) is 29.5 Å². The van der Waals surface area contributed by atoms with E-state index in [9.17, 15) is 5.26 Å². The molecule has 0 amide bonds. The largest absolute Gasteiger partial charge is 0.490 e. The Morgan fingerprint density at radius 2 is 1.81 bits per heavy atom. The number of rotatable bonds is 5. The Bertz CT molecular complexity index is 1300. The Labute approximate surface area is 217 Å². The molecule has 0 fully saturated rings. The van der Waals surface area contributed by atoms with Gasteiger partial charge in [0.2, 0.25) is 5.82 Å². The first-order chi connectivity index (χ1) is 17.6. The summed E-state index contributed by atoms with van der Waals surface area (Å²) in [5.74, 6) is 1.56. The SMILES string of the molecule is CC.CC(C)Oc1ccc(-c2nc(-c3cccc4c3CCC4)no2)cc1C#N.NSc1ccccc1. The van der Waals surface area contributed by atoms with Crippen LogP contribution in [0.2, 0.25) is 0 Å². The van der Waals surface area contributed by atoms with Crippen molar-refractivity contribution in [1.82, 2.24) is 10.1 Å². The number of aryl methyl sites for hydroxylation is 1. The van der Waals surface area contributed by atoms with E-state index in [0.717, 1.165) is 23.3 Å². The quantitative estimate of drug-likeness (QED) is 0.289. The normalized spacial score (nSPS) is 11.5. The molecule has 0 aliphatic heterocycles. The summed E-state index contributed by atoms with van der Waals surface area (Å²) in [6, 6.07) is 23.6. The van der Waals surface area contributed by atoms with Gasteiger partial charge < -0.3 is 9.26 Å². The number of hydrogen-bond acceptors (Lipinski definition) is 7. The van der Waals surface area contributed by atoms with Crippen molar-refractivity contribution in [2.45, 2.75) is 58.0 Å². The van der Waals surface area contributed by atoms with Gasteiger partial charge in [-0.1, -0.05) is 55.4 Å². The average molecular weight is 501 g/mol. The van der Waals surface area contributed by atoms with Crippen molar-refractivity contribution < 1.29 is 9.26 Å². The van der Waals surface area contributed by atoms with Gasteiger partial charge in [-0.15, -0.1) is 0 Å². The van der Waals surface area contributed by atoms with Crippen molar-refractivity contribution in [1.29, 1.82) is 5.26 Å². The molecule has 0 radical (unpaired) electrons. The molecule has 1 aliphatic carbocycles. The van der Waals surface area contributed by atoms with Gasteiger partial charge in [0, 0.05) is 16.0 Å². The highest BCUT2D eigenvalue weighted by molar-refractivity contribution is 7.97. The molecule has 0 saturated heterocycles. The molecular formula is C29H32N4O2S. The third kappa shape index (κ3) is 6.75. The second-order valence-electron chi connectivity index (χ2n) is 8.14. The smallest absolute Gasteiger partial charge is 0.258 e. The Morgan fingerprint density at radius 3 is 2.47 bits per heavy atom. The van der Waals surface area contributed by atoms with Crippen molar-refractivity contribution in [2.75, 3.05) is 0 Å². The van der Waals surface area contributed by atoms with Gasteiger partial charge in [0.25, 0.3) is 5.89 Å². The standard InChI is InChI=1S/C21H19N3O2.C6H7NS.C2H6/c1-13(2)25-19-10-9-15(11-16(19)12-22)21-23-20(24-26-21)18-8-4-6-14-5-3-7-17(14)18;7-8-6-4-2-1-3-5-6;1-2/h4,6,8-11,13H,3,5,7H2,1-2H3;1-5H,7H2;1-2H3. The lowest BCUT2D eigenvalue weighted by Gasteiger charge is -2.11. The maximum atomic E-state index is 9.40. The molecule has 0 unspecified atom stereocenters. The van der Waals surface area contributed by atoms with E-state index in [1.807, 2.05) is 76.2 Å². The first kappa shape index (κ1) is 27.0. The van der Waals surface area contributed by atoms with Crippen molar-refractivity contribution in [2.24, 2.45) is 5.14 Å². The highest BCUT2D eigenvalue weighted by atomic mass is 32.2. The molecule has 5 rings (SSSR count). The van der Waals surface area contributed by atoms with E-state index in [4.69, 9.17) is 14.4 Å². The van der Waals surface area contributed by atoms with Crippen LogP contribution in [0.5, 0.6) is 5.75 Å². The van der Waals surface area contributed by atoms with Crippen LogP contribution < -0.4 is 9.88 Å². The fourth-order valence-corrected chi connectivity index (χ4v) is 4.20. The highest BCUT2D eigenvalue weighted by Gasteiger charge is 2.20. The molecular weight excluding hydrogens is 468 g/mol. The summed E-state index contributed by atoms with van der Waals surface area (Å²) in [6.07, 6.45) is 3.33. The summed E-state index contributed by atoms with van der Waals surface area (Å²) in [5.41, 5.74) is 4.89. The first-order valence-electron chi connectivity index (χ1n) is 12.2. The van der Waals surface area contributed by atoms with E-state index in [1.54, 1.807) is 12.1 Å². The van der Waals surface area contributed by atoms with Gasteiger partial charge in [0.1, 0.15) is 11.8 Å². The minimum atomic E-state index is 0.00290. The first-order valence-corrected chi connectivity index (χ1v) is 13.0. The minimum absolute atomic E-state index is 0.00290. The van der Waals surface area contributed by atoms with E-state index in [2.05, 4.69) is 22.3 Å². The number of aromatic nitrogens is 2. The van der Waals surface area contributed by atoms with Crippen molar-refractivity contribution >= 4 is 11.9 Å². The fraction of sp³-hybridized carbons (Fsp3) is 0.276. The van der Waals surface area contributed by atoms with Gasteiger partial charge in [-0.2, -0.15) is 10.2 Å². The average Bonchev–Trinajstić information content (AvgIpc) is 3.61. The van der Waals surface area contributed by atoms with Crippen LogP contribution in [-0.4, -0.2) is 16.2 Å². The summed E-state index contributed by atoms with van der Waals surface area (Å²) < 4.78 is 11.1. The number of nitrogens with zero attached hydrogens (tertiary/aromatic N) is 3. The molecule has 1 aliphatic rings. The number of ether oxygens (including phenoxy) is 1. The maximum absolute atomic E-state index is 9.40. The van der Waals surface area contributed by atoms with Crippen LogP contribution in [0.3, 0.4) is 0 Å². The molecule has 7 heteroatoms. The summed E-state index contributed by atoms with van der Waals surface area (Å²) in [6.45, 7) is 7.86.